The molecule has 1 aliphatic carbocycles. The van der Waals surface area contributed by atoms with E-state index in [0.29, 0.717) is 47.1 Å². The van der Waals surface area contributed by atoms with E-state index in [1.54, 1.807) is 6.92 Å². The second kappa shape index (κ2) is 10.8. The van der Waals surface area contributed by atoms with E-state index in [-0.39, 0.29) is 29.8 Å². The van der Waals surface area contributed by atoms with Crippen LogP contribution in [0.5, 0.6) is 5.75 Å². The van der Waals surface area contributed by atoms with Crippen molar-refractivity contribution < 1.29 is 23.2 Å². The Bertz CT molecular complexity index is 1150. The number of fused-ring (bicyclic) bond motifs is 1. The molecule has 188 valence electrons. The highest BCUT2D eigenvalue weighted by Crippen LogP contribution is 2.35. The Balaban J connectivity index is 1.48. The maximum atomic E-state index is 14.5. The first-order valence-corrected chi connectivity index (χ1v) is 12.7. The molecule has 1 atom stereocenters. The Hall–Kier alpha value is -2.94. The van der Waals surface area contributed by atoms with Crippen LogP contribution < -0.4 is 10.1 Å². The van der Waals surface area contributed by atoms with Gasteiger partial charge in [0.25, 0.3) is 5.91 Å². The van der Waals surface area contributed by atoms with Gasteiger partial charge in [0, 0.05) is 18.9 Å². The minimum Gasteiger partial charge on any atom is -0.488 e. The van der Waals surface area contributed by atoms with Gasteiger partial charge in [-0.2, -0.15) is 0 Å². The number of H-pyrrole nitrogens is 1. The lowest BCUT2D eigenvalue weighted by Gasteiger charge is -2.28. The van der Waals surface area contributed by atoms with Crippen molar-refractivity contribution in [3.8, 4) is 5.75 Å². The smallest absolute Gasteiger partial charge is 0.257 e. The summed E-state index contributed by atoms with van der Waals surface area (Å²) in [7, 11) is 0. The zero-order chi connectivity index (χ0) is 24.2. The second-order valence-electron chi connectivity index (χ2n) is 9.72. The minimum atomic E-state index is -0.388. The van der Waals surface area contributed by atoms with Crippen LogP contribution in [0.4, 0.5) is 4.39 Å². The monoisotopic (exact) mass is 484 g/mol. The van der Waals surface area contributed by atoms with Crippen molar-refractivity contribution >= 4 is 16.9 Å². The lowest BCUT2D eigenvalue weighted by molar-refractivity contribution is 0.0260. The van der Waals surface area contributed by atoms with Gasteiger partial charge in [0.2, 0.25) is 0 Å². The SMILES string of the molecule is Cc1nocc1C(=O)NC(c1nc2c(OC3CCOCC3)cc(F)cc2[nH]1)C1CCCCCCC1. The van der Waals surface area contributed by atoms with Crippen LogP contribution in [-0.4, -0.2) is 40.3 Å². The lowest BCUT2D eigenvalue weighted by Crippen LogP contribution is -2.35. The Morgan fingerprint density at radius 3 is 2.60 bits per heavy atom. The number of nitrogens with one attached hydrogen (secondary N) is 2. The van der Waals surface area contributed by atoms with E-state index < -0.39 is 0 Å². The van der Waals surface area contributed by atoms with Gasteiger partial charge in [0.05, 0.1) is 30.5 Å². The number of carbonyl (C=O) groups excluding carboxylic acids is 1. The molecule has 35 heavy (non-hydrogen) atoms. The van der Waals surface area contributed by atoms with Gasteiger partial charge in [-0.3, -0.25) is 4.79 Å². The molecule has 9 heteroatoms. The zero-order valence-corrected chi connectivity index (χ0v) is 20.1. The predicted molar refractivity (Wildman–Crippen MR) is 128 cm³/mol. The maximum absolute atomic E-state index is 14.5. The number of imidazole rings is 1. The quantitative estimate of drug-likeness (QED) is 0.487. The van der Waals surface area contributed by atoms with Crippen molar-refractivity contribution in [2.24, 2.45) is 5.92 Å². The fourth-order valence-electron chi connectivity index (χ4n) is 5.24. The molecule has 0 radical (unpaired) electrons. The number of hydrogen-bond acceptors (Lipinski definition) is 6. The number of nitrogens with zero attached hydrogens (tertiary/aromatic N) is 2. The van der Waals surface area contributed by atoms with Gasteiger partial charge < -0.3 is 24.3 Å². The van der Waals surface area contributed by atoms with Crippen molar-refractivity contribution in [1.82, 2.24) is 20.4 Å². The lowest BCUT2D eigenvalue weighted by atomic mass is 9.85. The number of halogens is 1. The van der Waals surface area contributed by atoms with Crippen LogP contribution in [0.2, 0.25) is 0 Å². The van der Waals surface area contributed by atoms with E-state index in [1.165, 1.54) is 37.7 Å². The summed E-state index contributed by atoms with van der Waals surface area (Å²) in [5.74, 6) is 0.620. The average Bonchev–Trinajstić information content (AvgIpc) is 3.44. The van der Waals surface area contributed by atoms with Crippen LogP contribution in [0.1, 0.15) is 85.7 Å². The van der Waals surface area contributed by atoms with E-state index in [2.05, 4.69) is 15.5 Å². The minimum absolute atomic E-state index is 0.0356. The molecule has 1 aromatic carbocycles. The third kappa shape index (κ3) is 5.50. The summed E-state index contributed by atoms with van der Waals surface area (Å²) < 4.78 is 31.1. The van der Waals surface area contributed by atoms with Gasteiger partial charge in [-0.15, -0.1) is 0 Å². The zero-order valence-electron chi connectivity index (χ0n) is 20.1. The molecule has 0 bridgehead atoms. The molecule has 2 aromatic heterocycles. The topological polar surface area (TPSA) is 102 Å². The van der Waals surface area contributed by atoms with Crippen LogP contribution in [-0.2, 0) is 4.74 Å². The van der Waals surface area contributed by atoms with Crippen LogP contribution in [0.25, 0.3) is 11.0 Å². The Kier molecular flexibility index (Phi) is 7.32. The fourth-order valence-corrected chi connectivity index (χ4v) is 5.24. The molecule has 1 amide bonds. The van der Waals surface area contributed by atoms with Gasteiger partial charge in [-0.05, 0) is 31.7 Å². The molecule has 8 nitrogen and oxygen atoms in total. The van der Waals surface area contributed by atoms with E-state index in [1.807, 2.05) is 0 Å². The molecule has 5 rings (SSSR count). The molecular formula is C26H33FN4O4. The molecule has 3 aromatic rings. The van der Waals surface area contributed by atoms with Crippen molar-refractivity contribution in [2.75, 3.05) is 13.2 Å². The van der Waals surface area contributed by atoms with Gasteiger partial charge in [-0.25, -0.2) is 9.37 Å². The van der Waals surface area contributed by atoms with Crippen molar-refractivity contribution in [3.05, 3.63) is 41.3 Å². The fraction of sp³-hybridized carbons (Fsp3) is 0.577. The molecule has 2 fully saturated rings. The Morgan fingerprint density at radius 2 is 1.89 bits per heavy atom. The number of rotatable bonds is 6. The van der Waals surface area contributed by atoms with E-state index in [4.69, 9.17) is 19.0 Å². The molecule has 0 spiro atoms. The van der Waals surface area contributed by atoms with E-state index in [0.717, 1.165) is 38.5 Å². The number of aromatic nitrogens is 3. The molecule has 1 saturated carbocycles. The van der Waals surface area contributed by atoms with Gasteiger partial charge in [0.1, 0.15) is 40.8 Å². The summed E-state index contributed by atoms with van der Waals surface area (Å²) in [6, 6.07) is 2.48. The number of aryl methyl sites for hydroxylation is 1. The molecule has 1 unspecified atom stereocenters. The van der Waals surface area contributed by atoms with Gasteiger partial charge in [-0.1, -0.05) is 37.3 Å². The second-order valence-corrected chi connectivity index (χ2v) is 9.72. The Labute approximate surface area is 203 Å². The van der Waals surface area contributed by atoms with Crippen LogP contribution >= 0.6 is 0 Å². The summed E-state index contributed by atoms with van der Waals surface area (Å²) >= 11 is 0. The van der Waals surface area contributed by atoms with Crippen LogP contribution in [0, 0.1) is 18.7 Å². The first-order valence-electron chi connectivity index (χ1n) is 12.7. The van der Waals surface area contributed by atoms with E-state index >= 15 is 0 Å². The molecule has 2 N–H and O–H groups in total. The summed E-state index contributed by atoms with van der Waals surface area (Å²) in [4.78, 5) is 21.3. The highest BCUT2D eigenvalue weighted by Gasteiger charge is 2.30. The normalized spacial score (nSPS) is 19.3. The largest absolute Gasteiger partial charge is 0.488 e. The third-order valence-electron chi connectivity index (χ3n) is 7.19. The summed E-state index contributed by atoms with van der Waals surface area (Å²) in [5.41, 5.74) is 2.09. The van der Waals surface area contributed by atoms with Gasteiger partial charge >= 0.3 is 0 Å². The third-order valence-corrected chi connectivity index (χ3v) is 7.19. The van der Waals surface area contributed by atoms with Crippen molar-refractivity contribution in [2.45, 2.75) is 76.9 Å². The first-order chi connectivity index (χ1) is 17.1. The standard InChI is InChI=1S/C26H33FN4O4/c1-16-20(15-34-31-16)26(32)30-23(17-7-5-3-2-4-6-8-17)25-28-21-13-18(27)14-22(24(21)29-25)35-19-9-11-33-12-10-19/h13-15,17,19,23H,2-12H2,1H3,(H,28,29)(H,30,32). The molecule has 1 aliphatic heterocycles. The van der Waals surface area contributed by atoms with Crippen molar-refractivity contribution in [3.63, 3.8) is 0 Å². The van der Waals surface area contributed by atoms with E-state index in [9.17, 15) is 9.18 Å². The van der Waals surface area contributed by atoms with Crippen molar-refractivity contribution in [1.29, 1.82) is 0 Å². The number of ether oxygens (including phenoxy) is 2. The molecule has 1 saturated heterocycles. The summed E-state index contributed by atoms with van der Waals surface area (Å²) in [6.45, 7) is 3.01. The van der Waals surface area contributed by atoms with Crippen LogP contribution in [0.15, 0.2) is 22.9 Å². The number of hydrogen-bond donors (Lipinski definition) is 2. The number of benzene rings is 1. The van der Waals surface area contributed by atoms with Crippen LogP contribution in [0.3, 0.4) is 0 Å². The number of aromatic amines is 1. The first kappa shape index (κ1) is 23.8. The number of carbonyl (C=O) groups is 1. The highest BCUT2D eigenvalue weighted by molar-refractivity contribution is 5.95. The maximum Gasteiger partial charge on any atom is 0.257 e. The molecular weight excluding hydrogens is 451 g/mol. The summed E-state index contributed by atoms with van der Waals surface area (Å²) in [5, 5.41) is 7.03. The molecule has 3 heterocycles. The number of amides is 1. The molecule has 2 aliphatic rings. The highest BCUT2D eigenvalue weighted by atomic mass is 19.1. The average molecular weight is 485 g/mol. The Morgan fingerprint density at radius 1 is 1.14 bits per heavy atom. The van der Waals surface area contributed by atoms with Gasteiger partial charge in [0.15, 0.2) is 0 Å². The predicted octanol–water partition coefficient (Wildman–Crippen LogP) is 5.39. The summed E-state index contributed by atoms with van der Waals surface area (Å²) in [6.07, 6.45) is 10.7.